The van der Waals surface area contributed by atoms with E-state index in [4.69, 9.17) is 0 Å². The van der Waals surface area contributed by atoms with E-state index in [1.807, 2.05) is 6.07 Å². The van der Waals surface area contributed by atoms with Gasteiger partial charge in [0.2, 0.25) is 0 Å². The zero-order valence-corrected chi connectivity index (χ0v) is 12.2. The van der Waals surface area contributed by atoms with Crippen LogP contribution < -0.4 is 5.32 Å². The Hall–Kier alpha value is -0.900. The Balaban J connectivity index is 1.73. The summed E-state index contributed by atoms with van der Waals surface area (Å²) in [5.74, 6) is 0. The van der Waals surface area contributed by atoms with E-state index in [1.165, 1.54) is 44.3 Å². The molecule has 20 heavy (non-hydrogen) atoms. The number of nitrogens with zero attached hydrogens (tertiary/aromatic N) is 1. The van der Waals surface area contributed by atoms with Gasteiger partial charge in [-0.1, -0.05) is 30.3 Å². The molecule has 3 nitrogen and oxygen atoms in total. The molecule has 0 bridgehead atoms. The molecule has 1 aromatic rings. The minimum absolute atomic E-state index is 0.182. The number of hydrogen-bond donors (Lipinski definition) is 2. The number of hydrogen-bond acceptors (Lipinski definition) is 3. The Morgan fingerprint density at radius 2 is 1.85 bits per heavy atom. The van der Waals surface area contributed by atoms with Gasteiger partial charge in [0.1, 0.15) is 0 Å². The Morgan fingerprint density at radius 1 is 1.15 bits per heavy atom. The highest BCUT2D eigenvalue weighted by atomic mass is 16.3. The molecule has 110 valence electrons. The van der Waals surface area contributed by atoms with Crippen LogP contribution in [0.1, 0.15) is 37.7 Å². The van der Waals surface area contributed by atoms with Crippen molar-refractivity contribution in [2.45, 2.75) is 43.7 Å². The van der Waals surface area contributed by atoms with Crippen LogP contribution in [0.3, 0.4) is 0 Å². The number of aliphatic hydroxyl groups excluding tert-OH is 1. The van der Waals surface area contributed by atoms with E-state index >= 15 is 0 Å². The quantitative estimate of drug-likeness (QED) is 0.799. The summed E-state index contributed by atoms with van der Waals surface area (Å²) in [6, 6.07) is 11.1. The summed E-state index contributed by atoms with van der Waals surface area (Å²) in [7, 11) is 0. The zero-order valence-electron chi connectivity index (χ0n) is 12.2. The second kappa shape index (κ2) is 6.25. The molecule has 2 aliphatic rings. The Bertz CT molecular complexity index is 412. The number of benzene rings is 1. The summed E-state index contributed by atoms with van der Waals surface area (Å²) >= 11 is 0. The molecule has 1 atom stereocenters. The van der Waals surface area contributed by atoms with E-state index in [0.717, 1.165) is 13.0 Å². The van der Waals surface area contributed by atoms with Gasteiger partial charge in [0.05, 0.1) is 12.1 Å². The molecule has 0 amide bonds. The van der Waals surface area contributed by atoms with Crippen molar-refractivity contribution in [2.75, 3.05) is 26.2 Å². The fourth-order valence-corrected chi connectivity index (χ4v) is 3.25. The van der Waals surface area contributed by atoms with Crippen LogP contribution in [-0.2, 0) is 5.54 Å². The second-order valence-corrected chi connectivity index (χ2v) is 6.32. The standard InChI is InChI=1S/C17H26N2O/c20-14-17(18-16-8-9-16,15-6-2-1-3-7-15)10-13-19-11-4-5-12-19/h1-3,6-7,16,18,20H,4-5,8-14H2. The van der Waals surface area contributed by atoms with Crippen molar-refractivity contribution < 1.29 is 5.11 Å². The van der Waals surface area contributed by atoms with Crippen molar-refractivity contribution in [1.82, 2.24) is 10.2 Å². The molecular weight excluding hydrogens is 248 g/mol. The zero-order chi connectivity index (χ0) is 13.8. The normalized spacial score (nSPS) is 22.9. The first-order chi connectivity index (χ1) is 9.82. The minimum atomic E-state index is -0.259. The van der Waals surface area contributed by atoms with Gasteiger partial charge in [0.25, 0.3) is 0 Å². The van der Waals surface area contributed by atoms with Crippen LogP contribution >= 0.6 is 0 Å². The maximum absolute atomic E-state index is 10.1. The van der Waals surface area contributed by atoms with Gasteiger partial charge in [-0.3, -0.25) is 0 Å². The molecule has 1 aromatic carbocycles. The molecule has 3 rings (SSSR count). The highest BCUT2D eigenvalue weighted by Gasteiger charge is 2.37. The van der Waals surface area contributed by atoms with E-state index in [9.17, 15) is 5.11 Å². The lowest BCUT2D eigenvalue weighted by Gasteiger charge is -2.35. The molecule has 1 heterocycles. The van der Waals surface area contributed by atoms with Crippen molar-refractivity contribution >= 4 is 0 Å². The minimum Gasteiger partial charge on any atom is -0.394 e. The molecule has 1 saturated carbocycles. The summed E-state index contributed by atoms with van der Waals surface area (Å²) < 4.78 is 0. The highest BCUT2D eigenvalue weighted by Crippen LogP contribution is 2.31. The maximum Gasteiger partial charge on any atom is 0.0683 e. The van der Waals surface area contributed by atoms with Crippen molar-refractivity contribution in [3.63, 3.8) is 0 Å². The van der Waals surface area contributed by atoms with Gasteiger partial charge in [0.15, 0.2) is 0 Å². The van der Waals surface area contributed by atoms with E-state index in [0.29, 0.717) is 6.04 Å². The molecule has 1 saturated heterocycles. The second-order valence-electron chi connectivity index (χ2n) is 6.32. The Kier molecular flexibility index (Phi) is 4.39. The number of likely N-dealkylation sites (tertiary alicyclic amines) is 1. The maximum atomic E-state index is 10.1. The summed E-state index contributed by atoms with van der Waals surface area (Å²) in [4.78, 5) is 2.53. The lowest BCUT2D eigenvalue weighted by molar-refractivity contribution is 0.134. The highest BCUT2D eigenvalue weighted by molar-refractivity contribution is 5.25. The fourth-order valence-electron chi connectivity index (χ4n) is 3.25. The number of nitrogens with one attached hydrogen (secondary N) is 1. The number of aliphatic hydroxyl groups is 1. The van der Waals surface area contributed by atoms with Gasteiger partial charge in [-0.15, -0.1) is 0 Å². The first-order valence-electron chi connectivity index (χ1n) is 7.99. The Morgan fingerprint density at radius 3 is 2.45 bits per heavy atom. The molecule has 0 aromatic heterocycles. The molecule has 3 heteroatoms. The summed E-state index contributed by atoms with van der Waals surface area (Å²) in [6.45, 7) is 3.70. The number of rotatable bonds is 7. The van der Waals surface area contributed by atoms with Gasteiger partial charge in [-0.2, -0.15) is 0 Å². The topological polar surface area (TPSA) is 35.5 Å². The molecule has 0 spiro atoms. The third kappa shape index (κ3) is 3.22. The smallest absolute Gasteiger partial charge is 0.0683 e. The van der Waals surface area contributed by atoms with Crippen molar-refractivity contribution in [1.29, 1.82) is 0 Å². The van der Waals surface area contributed by atoms with E-state index < -0.39 is 0 Å². The van der Waals surface area contributed by atoms with Gasteiger partial charge in [-0.25, -0.2) is 0 Å². The monoisotopic (exact) mass is 274 g/mol. The molecule has 1 unspecified atom stereocenters. The van der Waals surface area contributed by atoms with Gasteiger partial charge in [-0.05, 0) is 50.8 Å². The van der Waals surface area contributed by atoms with Crippen LogP contribution in [-0.4, -0.2) is 42.3 Å². The van der Waals surface area contributed by atoms with Gasteiger partial charge >= 0.3 is 0 Å². The molecule has 1 aliphatic carbocycles. The molecule has 2 N–H and O–H groups in total. The van der Waals surface area contributed by atoms with E-state index in [2.05, 4.69) is 34.5 Å². The molecule has 1 aliphatic heterocycles. The first-order valence-corrected chi connectivity index (χ1v) is 7.99. The largest absolute Gasteiger partial charge is 0.394 e. The predicted molar refractivity (Wildman–Crippen MR) is 81.7 cm³/mol. The van der Waals surface area contributed by atoms with E-state index in [-0.39, 0.29) is 12.1 Å². The van der Waals surface area contributed by atoms with Gasteiger partial charge < -0.3 is 15.3 Å². The van der Waals surface area contributed by atoms with Gasteiger partial charge in [0, 0.05) is 12.6 Å². The van der Waals surface area contributed by atoms with Crippen molar-refractivity contribution in [3.05, 3.63) is 35.9 Å². The SMILES string of the molecule is OCC(CCN1CCCC1)(NC1CC1)c1ccccc1. The third-order valence-electron chi connectivity index (χ3n) is 4.71. The fraction of sp³-hybridized carbons (Fsp3) is 0.647. The van der Waals surface area contributed by atoms with Crippen LogP contribution in [0, 0.1) is 0 Å². The lowest BCUT2D eigenvalue weighted by Crippen LogP contribution is -2.48. The lowest BCUT2D eigenvalue weighted by atomic mass is 9.86. The average molecular weight is 274 g/mol. The summed E-state index contributed by atoms with van der Waals surface area (Å²) in [5.41, 5.74) is 0.971. The van der Waals surface area contributed by atoms with Crippen molar-refractivity contribution in [2.24, 2.45) is 0 Å². The first kappa shape index (κ1) is 14.1. The molecular formula is C17H26N2O. The summed E-state index contributed by atoms with van der Waals surface area (Å²) in [6.07, 6.45) is 6.14. The van der Waals surface area contributed by atoms with E-state index in [1.54, 1.807) is 0 Å². The van der Waals surface area contributed by atoms with Crippen LogP contribution in [0.5, 0.6) is 0 Å². The molecule has 0 radical (unpaired) electrons. The molecule has 2 fully saturated rings. The Labute approximate surface area is 122 Å². The van der Waals surface area contributed by atoms with Crippen LogP contribution in [0.15, 0.2) is 30.3 Å². The van der Waals surface area contributed by atoms with Crippen LogP contribution in [0.25, 0.3) is 0 Å². The van der Waals surface area contributed by atoms with Crippen LogP contribution in [0.4, 0.5) is 0 Å². The van der Waals surface area contributed by atoms with Crippen LogP contribution in [0.2, 0.25) is 0 Å². The van der Waals surface area contributed by atoms with Crippen molar-refractivity contribution in [3.8, 4) is 0 Å². The predicted octanol–water partition coefficient (Wildman–Crippen LogP) is 2.11. The summed E-state index contributed by atoms with van der Waals surface area (Å²) in [5, 5.41) is 13.8. The third-order valence-corrected chi connectivity index (χ3v) is 4.71. The average Bonchev–Trinajstić information content (AvgIpc) is 3.16.